The van der Waals surface area contributed by atoms with E-state index in [0.29, 0.717) is 0 Å². The molecule has 0 rings (SSSR count). The van der Waals surface area contributed by atoms with Crippen molar-refractivity contribution >= 4 is 21.8 Å². The molecule has 3 heteroatoms. The average Bonchev–Trinajstić information content (AvgIpc) is 2.16. The molecule has 0 spiro atoms. The van der Waals surface area contributed by atoms with Gasteiger partial charge >= 0.3 is 0 Å². The number of allylic oxidation sites excluding steroid dienone is 3. The van der Waals surface area contributed by atoms with Gasteiger partial charge in [0.2, 0.25) is 0 Å². The van der Waals surface area contributed by atoms with Gasteiger partial charge in [0.15, 0.2) is 0 Å². The van der Waals surface area contributed by atoms with Crippen LogP contribution in [0.5, 0.6) is 0 Å². The van der Waals surface area contributed by atoms with Gasteiger partial charge < -0.3 is 5.32 Å². The zero-order valence-corrected chi connectivity index (χ0v) is 10.3. The van der Waals surface area contributed by atoms with Crippen LogP contribution in [0.1, 0.15) is 27.2 Å². The first-order valence-electron chi connectivity index (χ1n) is 4.36. The van der Waals surface area contributed by atoms with Gasteiger partial charge in [-0.2, -0.15) is 0 Å². The van der Waals surface area contributed by atoms with Crippen LogP contribution in [0.25, 0.3) is 0 Å². The third-order valence-electron chi connectivity index (χ3n) is 1.62. The van der Waals surface area contributed by atoms with Gasteiger partial charge in [-0.05, 0) is 30.8 Å². The lowest BCUT2D eigenvalue weighted by atomic mass is 10.3. The number of hydrogen-bond donors (Lipinski definition) is 1. The third-order valence-corrected chi connectivity index (χ3v) is 2.41. The van der Waals surface area contributed by atoms with Crippen molar-refractivity contribution in [2.24, 2.45) is 4.99 Å². The van der Waals surface area contributed by atoms with Gasteiger partial charge in [0.25, 0.3) is 0 Å². The van der Waals surface area contributed by atoms with E-state index in [-0.39, 0.29) is 0 Å². The highest BCUT2D eigenvalue weighted by atomic mass is 79.9. The maximum atomic E-state index is 4.03. The number of rotatable bonds is 3. The van der Waals surface area contributed by atoms with Gasteiger partial charge in [-0.15, -0.1) is 0 Å². The third kappa shape index (κ3) is 5.64. The summed E-state index contributed by atoms with van der Waals surface area (Å²) in [6.45, 7) is 6.05. The second-order valence-electron chi connectivity index (χ2n) is 2.62. The molecule has 0 aromatic rings. The van der Waals surface area contributed by atoms with E-state index in [1.165, 1.54) is 4.48 Å². The normalized spacial score (nSPS) is 14.7. The van der Waals surface area contributed by atoms with Crippen molar-refractivity contribution in [1.29, 1.82) is 0 Å². The summed E-state index contributed by atoms with van der Waals surface area (Å²) in [4.78, 5) is 4.03. The molecular formula is C10H17BrN2. The minimum atomic E-state index is 0.917. The molecule has 0 aromatic heterocycles. The quantitative estimate of drug-likeness (QED) is 0.461. The molecule has 0 aliphatic heterocycles. The van der Waals surface area contributed by atoms with E-state index in [1.54, 1.807) is 7.05 Å². The first kappa shape index (κ1) is 12.4. The van der Waals surface area contributed by atoms with Crippen LogP contribution in [0.2, 0.25) is 0 Å². The van der Waals surface area contributed by atoms with E-state index in [0.717, 1.165) is 18.0 Å². The Kier molecular flexibility index (Phi) is 6.59. The lowest BCUT2D eigenvalue weighted by molar-refractivity contribution is 1.11. The molecule has 0 fully saturated rings. The Hall–Kier alpha value is -0.570. The number of amidine groups is 1. The molecule has 0 aliphatic rings. The summed E-state index contributed by atoms with van der Waals surface area (Å²) in [5.74, 6) is 0.917. The Morgan fingerprint density at radius 1 is 1.54 bits per heavy atom. The molecule has 0 unspecified atom stereocenters. The lowest BCUT2D eigenvalue weighted by Crippen LogP contribution is -2.18. The SMILES string of the molecule is C/C=C(\C=C(\Br)CC)NC(C)=NC. The summed E-state index contributed by atoms with van der Waals surface area (Å²) in [5.41, 5.74) is 1.07. The fourth-order valence-electron chi connectivity index (χ4n) is 0.727. The second-order valence-corrected chi connectivity index (χ2v) is 3.64. The number of halogens is 1. The summed E-state index contributed by atoms with van der Waals surface area (Å²) in [7, 11) is 1.77. The van der Waals surface area contributed by atoms with Crippen LogP contribution in [0.15, 0.2) is 27.3 Å². The number of hydrogen-bond acceptors (Lipinski definition) is 1. The molecule has 0 amide bonds. The largest absolute Gasteiger partial charge is 0.345 e. The molecule has 0 aromatic carbocycles. The number of aliphatic imine (C=N–C) groups is 1. The Morgan fingerprint density at radius 3 is 2.54 bits per heavy atom. The van der Waals surface area contributed by atoms with E-state index < -0.39 is 0 Å². The first-order chi connectivity index (χ1) is 6.13. The maximum Gasteiger partial charge on any atom is 0.0971 e. The monoisotopic (exact) mass is 244 g/mol. The highest BCUT2D eigenvalue weighted by Gasteiger charge is 1.94. The van der Waals surface area contributed by atoms with Crippen LogP contribution >= 0.6 is 15.9 Å². The van der Waals surface area contributed by atoms with Gasteiger partial charge in [0, 0.05) is 12.7 Å². The summed E-state index contributed by atoms with van der Waals surface area (Å²) in [6, 6.07) is 0. The van der Waals surface area contributed by atoms with Crippen molar-refractivity contribution in [3.05, 3.63) is 22.3 Å². The number of nitrogens with one attached hydrogen (secondary N) is 1. The van der Waals surface area contributed by atoms with Gasteiger partial charge in [-0.3, -0.25) is 4.99 Å². The maximum absolute atomic E-state index is 4.03. The van der Waals surface area contributed by atoms with Crippen molar-refractivity contribution < 1.29 is 0 Å². The molecule has 2 nitrogen and oxygen atoms in total. The van der Waals surface area contributed by atoms with Gasteiger partial charge in [-0.25, -0.2) is 0 Å². The van der Waals surface area contributed by atoms with Crippen LogP contribution in [-0.4, -0.2) is 12.9 Å². The molecule has 0 aliphatic carbocycles. The molecule has 0 bridgehead atoms. The zero-order chi connectivity index (χ0) is 10.3. The minimum absolute atomic E-state index is 0.917. The van der Waals surface area contributed by atoms with E-state index in [4.69, 9.17) is 0 Å². The fourth-order valence-corrected chi connectivity index (χ4v) is 0.974. The Labute approximate surface area is 89.0 Å². The molecule has 74 valence electrons. The van der Waals surface area contributed by atoms with Crippen LogP contribution in [0, 0.1) is 0 Å². The van der Waals surface area contributed by atoms with Crippen molar-refractivity contribution in [1.82, 2.24) is 5.32 Å². The molecule has 0 atom stereocenters. The fraction of sp³-hybridized carbons (Fsp3) is 0.500. The topological polar surface area (TPSA) is 24.4 Å². The van der Waals surface area contributed by atoms with Crippen molar-refractivity contribution in [3.8, 4) is 0 Å². The van der Waals surface area contributed by atoms with E-state index in [1.807, 2.05) is 19.9 Å². The van der Waals surface area contributed by atoms with Crippen molar-refractivity contribution in [2.45, 2.75) is 27.2 Å². The molecule has 0 radical (unpaired) electrons. The molecule has 1 N–H and O–H groups in total. The van der Waals surface area contributed by atoms with E-state index in [2.05, 4.69) is 39.2 Å². The molecular weight excluding hydrogens is 228 g/mol. The summed E-state index contributed by atoms with van der Waals surface area (Å²) < 4.78 is 1.18. The summed E-state index contributed by atoms with van der Waals surface area (Å²) in [5, 5.41) is 3.19. The van der Waals surface area contributed by atoms with Crippen LogP contribution < -0.4 is 5.32 Å². The van der Waals surface area contributed by atoms with E-state index >= 15 is 0 Å². The standard InChI is InChI=1S/C10H17BrN2/c1-5-9(11)7-10(6-2)13-8(3)12-4/h6-7H,5H2,1-4H3,(H,12,13)/b9-7+,10-6+. The second kappa shape index (κ2) is 6.89. The predicted octanol–water partition coefficient (Wildman–Crippen LogP) is 3.22. The Bertz CT molecular complexity index is 239. The van der Waals surface area contributed by atoms with Crippen molar-refractivity contribution in [2.75, 3.05) is 7.05 Å². The molecule has 0 saturated carbocycles. The highest BCUT2D eigenvalue weighted by molar-refractivity contribution is 9.11. The zero-order valence-electron chi connectivity index (χ0n) is 8.69. The van der Waals surface area contributed by atoms with E-state index in [9.17, 15) is 0 Å². The summed E-state index contributed by atoms with van der Waals surface area (Å²) in [6.07, 6.45) is 5.08. The number of nitrogens with zero attached hydrogens (tertiary/aromatic N) is 1. The lowest BCUT2D eigenvalue weighted by Gasteiger charge is -2.05. The smallest absolute Gasteiger partial charge is 0.0971 e. The van der Waals surface area contributed by atoms with Gasteiger partial charge in [0.05, 0.1) is 5.84 Å². The van der Waals surface area contributed by atoms with Crippen LogP contribution in [-0.2, 0) is 0 Å². The molecule has 13 heavy (non-hydrogen) atoms. The average molecular weight is 245 g/mol. The molecule has 0 heterocycles. The van der Waals surface area contributed by atoms with Gasteiger partial charge in [0.1, 0.15) is 0 Å². The van der Waals surface area contributed by atoms with Crippen LogP contribution in [0.3, 0.4) is 0 Å². The Balaban J connectivity index is 4.39. The predicted molar refractivity (Wildman–Crippen MR) is 63.2 cm³/mol. The highest BCUT2D eigenvalue weighted by Crippen LogP contribution is 2.11. The van der Waals surface area contributed by atoms with Crippen molar-refractivity contribution in [3.63, 3.8) is 0 Å². The Morgan fingerprint density at radius 2 is 2.15 bits per heavy atom. The first-order valence-corrected chi connectivity index (χ1v) is 5.16. The van der Waals surface area contributed by atoms with Crippen LogP contribution in [0.4, 0.5) is 0 Å². The molecule has 0 saturated heterocycles. The summed E-state index contributed by atoms with van der Waals surface area (Å²) >= 11 is 3.47. The minimum Gasteiger partial charge on any atom is -0.345 e. The van der Waals surface area contributed by atoms with Gasteiger partial charge in [-0.1, -0.05) is 28.9 Å².